The minimum atomic E-state index is 0. The minimum absolute atomic E-state index is 0. The molecule has 126 valence electrons. The van der Waals surface area contributed by atoms with Crippen LogP contribution in [0.1, 0.15) is 13.3 Å². The van der Waals surface area contributed by atoms with E-state index in [9.17, 15) is 0 Å². The number of piperazine rings is 1. The molecule has 1 aromatic carbocycles. The molecule has 1 atom stereocenters. The van der Waals surface area contributed by atoms with E-state index < -0.39 is 0 Å². The lowest BCUT2D eigenvalue weighted by atomic mass is 9.89. The number of benzene rings is 1. The molecule has 1 unspecified atom stereocenters. The molecule has 2 fully saturated rings. The summed E-state index contributed by atoms with van der Waals surface area (Å²) in [5, 5.41) is 3.49. The highest BCUT2D eigenvalue weighted by Gasteiger charge is 2.32. The Balaban J connectivity index is 0.00000156. The molecule has 5 nitrogen and oxygen atoms in total. The molecular formula is C17H25ClN4O. The van der Waals surface area contributed by atoms with Crippen LogP contribution in [0.3, 0.4) is 0 Å². The summed E-state index contributed by atoms with van der Waals surface area (Å²) in [4.78, 5) is 9.47. The minimum Gasteiger partial charge on any atom is -0.423 e. The lowest BCUT2D eigenvalue weighted by Gasteiger charge is -2.38. The third-order valence-corrected chi connectivity index (χ3v) is 4.99. The molecule has 4 rings (SSSR count). The molecule has 0 amide bonds. The standard InChI is InChI=1S/C17H24N4O.ClH/c1-17(6-7-18-12-17)13-20-8-10-21(11-9-20)16-19-14-4-2-3-5-15(14)22-16;/h2-5,18H,6-13H2,1H3;1H. The zero-order valence-electron chi connectivity index (χ0n) is 13.6. The third-order valence-electron chi connectivity index (χ3n) is 4.99. The van der Waals surface area contributed by atoms with Gasteiger partial charge in [-0.05, 0) is 30.5 Å². The van der Waals surface area contributed by atoms with Crippen molar-refractivity contribution in [2.75, 3.05) is 50.7 Å². The number of nitrogens with one attached hydrogen (secondary N) is 1. The van der Waals surface area contributed by atoms with Crippen LogP contribution in [0.4, 0.5) is 6.01 Å². The number of hydrogen-bond acceptors (Lipinski definition) is 5. The van der Waals surface area contributed by atoms with Crippen molar-refractivity contribution in [2.24, 2.45) is 5.41 Å². The van der Waals surface area contributed by atoms with Crippen LogP contribution in [0, 0.1) is 5.41 Å². The van der Waals surface area contributed by atoms with Gasteiger partial charge < -0.3 is 14.6 Å². The molecular weight excluding hydrogens is 312 g/mol. The first kappa shape index (κ1) is 16.6. The summed E-state index contributed by atoms with van der Waals surface area (Å²) in [6.07, 6.45) is 1.29. The lowest BCUT2D eigenvalue weighted by molar-refractivity contribution is 0.168. The van der Waals surface area contributed by atoms with Gasteiger partial charge in [-0.25, -0.2) is 0 Å². The van der Waals surface area contributed by atoms with E-state index in [4.69, 9.17) is 4.42 Å². The molecule has 2 aromatic rings. The second-order valence-corrected chi connectivity index (χ2v) is 6.96. The van der Waals surface area contributed by atoms with Crippen molar-refractivity contribution in [3.63, 3.8) is 0 Å². The lowest BCUT2D eigenvalue weighted by Crippen LogP contribution is -2.50. The van der Waals surface area contributed by atoms with E-state index in [2.05, 4.69) is 27.0 Å². The van der Waals surface area contributed by atoms with Gasteiger partial charge in [0, 0.05) is 39.3 Å². The summed E-state index contributed by atoms with van der Waals surface area (Å²) in [6, 6.07) is 8.76. The monoisotopic (exact) mass is 336 g/mol. The van der Waals surface area contributed by atoms with Gasteiger partial charge in [0.25, 0.3) is 6.01 Å². The van der Waals surface area contributed by atoms with Gasteiger partial charge in [-0.2, -0.15) is 4.98 Å². The summed E-state index contributed by atoms with van der Waals surface area (Å²) in [5.74, 6) is 0. The molecule has 2 saturated heterocycles. The van der Waals surface area contributed by atoms with Crippen LogP contribution in [-0.2, 0) is 0 Å². The van der Waals surface area contributed by atoms with Crippen molar-refractivity contribution in [3.8, 4) is 0 Å². The van der Waals surface area contributed by atoms with E-state index in [1.165, 1.54) is 19.5 Å². The van der Waals surface area contributed by atoms with Crippen molar-refractivity contribution in [1.29, 1.82) is 0 Å². The number of aromatic nitrogens is 1. The fourth-order valence-corrected chi connectivity index (χ4v) is 3.64. The summed E-state index contributed by atoms with van der Waals surface area (Å²) < 4.78 is 5.88. The molecule has 23 heavy (non-hydrogen) atoms. The third kappa shape index (κ3) is 3.47. The molecule has 3 heterocycles. The highest BCUT2D eigenvalue weighted by Crippen LogP contribution is 2.27. The van der Waals surface area contributed by atoms with Crippen molar-refractivity contribution < 1.29 is 4.42 Å². The van der Waals surface area contributed by atoms with Crippen LogP contribution in [0.15, 0.2) is 28.7 Å². The quantitative estimate of drug-likeness (QED) is 0.932. The maximum Gasteiger partial charge on any atom is 0.298 e. The van der Waals surface area contributed by atoms with E-state index in [1.54, 1.807) is 0 Å². The fraction of sp³-hybridized carbons (Fsp3) is 0.588. The molecule has 0 radical (unpaired) electrons. The Morgan fingerprint density at radius 3 is 2.70 bits per heavy atom. The maximum atomic E-state index is 5.88. The van der Waals surface area contributed by atoms with Crippen LogP contribution in [0.2, 0.25) is 0 Å². The molecule has 2 aliphatic heterocycles. The normalized spacial score (nSPS) is 25.7. The van der Waals surface area contributed by atoms with E-state index in [0.29, 0.717) is 5.41 Å². The average Bonchev–Trinajstić information content (AvgIpc) is 3.14. The molecule has 1 N–H and O–H groups in total. The number of fused-ring (bicyclic) bond motifs is 1. The van der Waals surface area contributed by atoms with Gasteiger partial charge >= 0.3 is 0 Å². The van der Waals surface area contributed by atoms with Crippen LogP contribution in [-0.4, -0.2) is 55.7 Å². The van der Waals surface area contributed by atoms with Crippen LogP contribution >= 0.6 is 12.4 Å². The summed E-state index contributed by atoms with van der Waals surface area (Å²) >= 11 is 0. The number of para-hydroxylation sites is 2. The Hall–Kier alpha value is -1.30. The zero-order chi connectivity index (χ0) is 15.0. The smallest absolute Gasteiger partial charge is 0.298 e. The van der Waals surface area contributed by atoms with Crippen LogP contribution < -0.4 is 10.2 Å². The summed E-state index contributed by atoms with van der Waals surface area (Å²) in [5.41, 5.74) is 2.27. The van der Waals surface area contributed by atoms with Crippen molar-refractivity contribution in [2.45, 2.75) is 13.3 Å². The van der Waals surface area contributed by atoms with E-state index in [-0.39, 0.29) is 12.4 Å². The number of halogens is 1. The van der Waals surface area contributed by atoms with E-state index in [0.717, 1.165) is 49.8 Å². The van der Waals surface area contributed by atoms with Gasteiger partial charge in [-0.3, -0.25) is 4.90 Å². The number of rotatable bonds is 3. The Kier molecular flexibility index (Phi) is 4.80. The number of nitrogens with zero attached hydrogens (tertiary/aromatic N) is 3. The zero-order valence-corrected chi connectivity index (χ0v) is 14.4. The van der Waals surface area contributed by atoms with Crippen LogP contribution in [0.5, 0.6) is 0 Å². The predicted octanol–water partition coefficient (Wildman–Crippen LogP) is 2.37. The molecule has 0 spiro atoms. The van der Waals surface area contributed by atoms with Gasteiger partial charge in [0.05, 0.1) is 0 Å². The number of hydrogen-bond donors (Lipinski definition) is 1. The Bertz CT molecular complexity index is 612. The highest BCUT2D eigenvalue weighted by molar-refractivity contribution is 5.85. The van der Waals surface area contributed by atoms with E-state index in [1.807, 2.05) is 24.3 Å². The largest absolute Gasteiger partial charge is 0.423 e. The molecule has 1 aromatic heterocycles. The first-order chi connectivity index (χ1) is 10.7. The van der Waals surface area contributed by atoms with Gasteiger partial charge in [0.2, 0.25) is 0 Å². The number of oxazole rings is 1. The van der Waals surface area contributed by atoms with Gasteiger partial charge in [-0.1, -0.05) is 19.1 Å². The number of anilines is 1. The first-order valence-corrected chi connectivity index (χ1v) is 8.26. The highest BCUT2D eigenvalue weighted by atomic mass is 35.5. The maximum absolute atomic E-state index is 5.88. The predicted molar refractivity (Wildman–Crippen MR) is 95.5 cm³/mol. The Morgan fingerprint density at radius 1 is 1.22 bits per heavy atom. The summed E-state index contributed by atoms with van der Waals surface area (Å²) in [7, 11) is 0. The average molecular weight is 337 g/mol. The Labute approximate surface area is 143 Å². The van der Waals surface area contributed by atoms with Crippen molar-refractivity contribution in [1.82, 2.24) is 15.2 Å². The SMILES string of the molecule is CC1(CN2CCN(c3nc4ccccc4o3)CC2)CCNC1.Cl. The molecule has 6 heteroatoms. The second-order valence-electron chi connectivity index (χ2n) is 6.96. The van der Waals surface area contributed by atoms with Gasteiger partial charge in [0.15, 0.2) is 5.58 Å². The van der Waals surface area contributed by atoms with E-state index >= 15 is 0 Å². The molecule has 0 bridgehead atoms. The fourth-order valence-electron chi connectivity index (χ4n) is 3.64. The molecule has 0 saturated carbocycles. The van der Waals surface area contributed by atoms with Crippen molar-refractivity contribution in [3.05, 3.63) is 24.3 Å². The second kappa shape index (κ2) is 6.67. The van der Waals surface area contributed by atoms with Gasteiger partial charge in [-0.15, -0.1) is 12.4 Å². The Morgan fingerprint density at radius 2 is 2.00 bits per heavy atom. The van der Waals surface area contributed by atoms with Gasteiger partial charge in [0.1, 0.15) is 5.52 Å². The first-order valence-electron chi connectivity index (χ1n) is 8.26. The molecule has 0 aliphatic carbocycles. The summed E-state index contributed by atoms with van der Waals surface area (Å²) in [6.45, 7) is 10.1. The topological polar surface area (TPSA) is 44.5 Å². The van der Waals surface area contributed by atoms with Crippen LogP contribution in [0.25, 0.3) is 11.1 Å². The molecule has 2 aliphatic rings. The van der Waals surface area contributed by atoms with Crippen molar-refractivity contribution >= 4 is 29.5 Å².